The van der Waals surface area contributed by atoms with Crippen LogP contribution in [0.3, 0.4) is 0 Å². The van der Waals surface area contributed by atoms with E-state index in [1.165, 1.54) is 0 Å². The van der Waals surface area contributed by atoms with Crippen molar-refractivity contribution in [3.05, 3.63) is 52.1 Å². The van der Waals surface area contributed by atoms with Crippen molar-refractivity contribution in [2.75, 3.05) is 0 Å². The molecule has 1 unspecified atom stereocenters. The van der Waals surface area contributed by atoms with E-state index < -0.39 is 5.97 Å². The number of aryl methyl sites for hydroxylation is 1. The summed E-state index contributed by atoms with van der Waals surface area (Å²) < 4.78 is 2.29. The van der Waals surface area contributed by atoms with Crippen LogP contribution >= 0.6 is 11.6 Å². The molecule has 5 heteroatoms. The first-order valence-corrected chi connectivity index (χ1v) is 9.34. The fourth-order valence-electron chi connectivity index (χ4n) is 3.89. The molecule has 1 aliphatic rings. The highest BCUT2D eigenvalue weighted by molar-refractivity contribution is 6.30. The van der Waals surface area contributed by atoms with Gasteiger partial charge in [0.25, 0.3) is 0 Å². The minimum absolute atomic E-state index is 0.0380. The standard InChI is InChI=1S/C20H25ClN2O2/c1-12(2)20-22-17-6-4-5-15(11-18(24)25)19(17)23(20)13(3)14-7-9-16(21)10-8-14/h7-10,12-13,15H,4-6,11H2,1-3H3,(H,24,25)/t13-,15?/m1/s1. The summed E-state index contributed by atoms with van der Waals surface area (Å²) in [4.78, 5) is 16.3. The maximum Gasteiger partial charge on any atom is 0.304 e. The topological polar surface area (TPSA) is 55.1 Å². The highest BCUT2D eigenvalue weighted by Gasteiger charge is 2.32. The van der Waals surface area contributed by atoms with E-state index in [0.29, 0.717) is 0 Å². The molecule has 0 saturated heterocycles. The van der Waals surface area contributed by atoms with Gasteiger partial charge in [0.15, 0.2) is 0 Å². The summed E-state index contributed by atoms with van der Waals surface area (Å²) in [5, 5.41) is 10.1. The number of hydrogen-bond acceptors (Lipinski definition) is 2. The Morgan fingerprint density at radius 1 is 1.32 bits per heavy atom. The lowest BCUT2D eigenvalue weighted by Crippen LogP contribution is -2.21. The molecule has 2 atom stereocenters. The lowest BCUT2D eigenvalue weighted by molar-refractivity contribution is -0.137. The van der Waals surface area contributed by atoms with Gasteiger partial charge < -0.3 is 9.67 Å². The number of imidazole rings is 1. The highest BCUT2D eigenvalue weighted by Crippen LogP contribution is 2.39. The molecule has 0 spiro atoms. The van der Waals surface area contributed by atoms with Gasteiger partial charge >= 0.3 is 5.97 Å². The van der Waals surface area contributed by atoms with Gasteiger partial charge in [-0.2, -0.15) is 0 Å². The summed E-state index contributed by atoms with van der Waals surface area (Å²) in [6.07, 6.45) is 3.03. The second-order valence-electron chi connectivity index (χ2n) is 7.24. The summed E-state index contributed by atoms with van der Waals surface area (Å²) in [5.41, 5.74) is 3.37. The third-order valence-corrected chi connectivity index (χ3v) is 5.33. The Bertz CT molecular complexity index is 765. The fraction of sp³-hybridized carbons (Fsp3) is 0.500. The van der Waals surface area contributed by atoms with Crippen molar-refractivity contribution >= 4 is 17.6 Å². The number of hydrogen-bond donors (Lipinski definition) is 1. The van der Waals surface area contributed by atoms with Crippen molar-refractivity contribution in [1.82, 2.24) is 9.55 Å². The zero-order valence-electron chi connectivity index (χ0n) is 15.0. The molecule has 1 aromatic heterocycles. The number of carboxylic acid groups (broad SMARTS) is 1. The fourth-order valence-corrected chi connectivity index (χ4v) is 4.02. The van der Waals surface area contributed by atoms with Crippen LogP contribution in [0.25, 0.3) is 0 Å². The molecule has 1 heterocycles. The molecule has 25 heavy (non-hydrogen) atoms. The van der Waals surface area contributed by atoms with Crippen molar-refractivity contribution in [3.8, 4) is 0 Å². The average molecular weight is 361 g/mol. The summed E-state index contributed by atoms with van der Waals surface area (Å²) in [6, 6.07) is 7.98. The predicted octanol–water partition coefficient (Wildman–Crippen LogP) is 5.16. The van der Waals surface area contributed by atoms with Crippen LogP contribution in [-0.2, 0) is 11.2 Å². The first-order chi connectivity index (χ1) is 11.9. The average Bonchev–Trinajstić information content (AvgIpc) is 2.95. The molecule has 0 bridgehead atoms. The maximum atomic E-state index is 11.4. The van der Waals surface area contributed by atoms with E-state index in [2.05, 4.69) is 25.3 Å². The summed E-state index contributed by atoms with van der Waals surface area (Å²) in [6.45, 7) is 6.44. The summed E-state index contributed by atoms with van der Waals surface area (Å²) in [5.74, 6) is 0.627. The Balaban J connectivity index is 2.11. The van der Waals surface area contributed by atoms with Gasteiger partial charge in [-0.15, -0.1) is 0 Å². The zero-order valence-corrected chi connectivity index (χ0v) is 15.8. The molecule has 0 fully saturated rings. The van der Waals surface area contributed by atoms with Crippen LogP contribution in [0.1, 0.15) is 80.7 Å². The number of carboxylic acids is 1. The highest BCUT2D eigenvalue weighted by atomic mass is 35.5. The van der Waals surface area contributed by atoms with Gasteiger partial charge in [-0.25, -0.2) is 4.98 Å². The number of aromatic nitrogens is 2. The molecule has 4 nitrogen and oxygen atoms in total. The molecule has 2 aromatic rings. The van der Waals surface area contributed by atoms with Crippen LogP contribution in [0.5, 0.6) is 0 Å². The Morgan fingerprint density at radius 3 is 2.60 bits per heavy atom. The monoisotopic (exact) mass is 360 g/mol. The lowest BCUT2D eigenvalue weighted by Gasteiger charge is -2.27. The third kappa shape index (κ3) is 3.59. The predicted molar refractivity (Wildman–Crippen MR) is 99.5 cm³/mol. The second-order valence-corrected chi connectivity index (χ2v) is 7.68. The Labute approximate surface area is 153 Å². The van der Waals surface area contributed by atoms with E-state index in [1.807, 2.05) is 24.3 Å². The van der Waals surface area contributed by atoms with Crippen molar-refractivity contribution in [1.29, 1.82) is 0 Å². The first-order valence-electron chi connectivity index (χ1n) is 8.96. The third-order valence-electron chi connectivity index (χ3n) is 5.08. The molecule has 1 N–H and O–H groups in total. The number of halogens is 1. The van der Waals surface area contributed by atoms with Gasteiger partial charge in [0.1, 0.15) is 5.82 Å². The van der Waals surface area contributed by atoms with Gasteiger partial charge in [0.2, 0.25) is 0 Å². The summed E-state index contributed by atoms with van der Waals surface area (Å²) in [7, 11) is 0. The number of aliphatic carboxylic acids is 1. The lowest BCUT2D eigenvalue weighted by atomic mass is 9.87. The largest absolute Gasteiger partial charge is 0.481 e. The van der Waals surface area contributed by atoms with Crippen LogP contribution in [0.15, 0.2) is 24.3 Å². The number of fused-ring (bicyclic) bond motifs is 1. The first kappa shape index (κ1) is 18.0. The molecule has 1 aliphatic carbocycles. The van der Waals surface area contributed by atoms with E-state index in [0.717, 1.165) is 47.1 Å². The smallest absolute Gasteiger partial charge is 0.304 e. The van der Waals surface area contributed by atoms with Crippen LogP contribution in [-0.4, -0.2) is 20.6 Å². The number of benzene rings is 1. The summed E-state index contributed by atoms with van der Waals surface area (Å²) >= 11 is 6.03. The number of nitrogens with zero attached hydrogens (tertiary/aromatic N) is 2. The molecule has 0 radical (unpaired) electrons. The van der Waals surface area contributed by atoms with Crippen molar-refractivity contribution in [3.63, 3.8) is 0 Å². The van der Waals surface area contributed by atoms with E-state index in [9.17, 15) is 9.90 Å². The minimum atomic E-state index is -0.740. The van der Waals surface area contributed by atoms with Crippen molar-refractivity contribution in [2.45, 2.75) is 64.3 Å². The van der Waals surface area contributed by atoms with E-state index in [4.69, 9.17) is 16.6 Å². The normalized spacial score (nSPS) is 18.2. The van der Waals surface area contributed by atoms with Gasteiger partial charge in [-0.05, 0) is 43.9 Å². The number of carbonyl (C=O) groups is 1. The molecule has 0 amide bonds. The van der Waals surface area contributed by atoms with Crippen LogP contribution < -0.4 is 0 Å². The van der Waals surface area contributed by atoms with Crippen LogP contribution in [0.4, 0.5) is 0 Å². The van der Waals surface area contributed by atoms with E-state index in [-0.39, 0.29) is 24.3 Å². The van der Waals surface area contributed by atoms with Crippen LogP contribution in [0.2, 0.25) is 5.02 Å². The van der Waals surface area contributed by atoms with Gasteiger partial charge in [-0.1, -0.05) is 37.6 Å². The molecular formula is C20H25ClN2O2. The Morgan fingerprint density at radius 2 is 2.00 bits per heavy atom. The zero-order chi connectivity index (χ0) is 18.1. The SMILES string of the molecule is CC(C)c1nc2c(n1[C@H](C)c1ccc(Cl)cc1)C(CC(=O)O)CCC2. The van der Waals surface area contributed by atoms with Crippen molar-refractivity contribution < 1.29 is 9.90 Å². The molecular weight excluding hydrogens is 336 g/mol. The minimum Gasteiger partial charge on any atom is -0.481 e. The van der Waals surface area contributed by atoms with E-state index in [1.54, 1.807) is 0 Å². The van der Waals surface area contributed by atoms with Crippen molar-refractivity contribution in [2.24, 2.45) is 0 Å². The molecule has 134 valence electrons. The Kier molecular flexibility index (Phi) is 5.19. The Hall–Kier alpha value is -1.81. The van der Waals surface area contributed by atoms with Gasteiger partial charge in [-0.3, -0.25) is 4.79 Å². The van der Waals surface area contributed by atoms with Crippen LogP contribution in [0, 0.1) is 0 Å². The van der Waals surface area contributed by atoms with E-state index >= 15 is 0 Å². The second kappa shape index (κ2) is 7.20. The quantitative estimate of drug-likeness (QED) is 0.800. The van der Waals surface area contributed by atoms with Gasteiger partial charge in [0, 0.05) is 22.6 Å². The maximum absolute atomic E-state index is 11.4. The number of rotatable bonds is 5. The van der Waals surface area contributed by atoms with Gasteiger partial charge in [0.05, 0.1) is 18.2 Å². The molecule has 0 saturated carbocycles. The molecule has 0 aliphatic heterocycles. The molecule has 1 aromatic carbocycles. The molecule has 3 rings (SSSR count).